The zero-order valence-corrected chi connectivity index (χ0v) is 9.61. The summed E-state index contributed by atoms with van der Waals surface area (Å²) in [7, 11) is -4.67. The Bertz CT molecular complexity index is 127. The molecule has 2 N–H and O–H groups in total. The van der Waals surface area contributed by atoms with Gasteiger partial charge in [0.2, 0.25) is 0 Å². The second kappa shape index (κ2) is 9.64. The predicted octanol–water partition coefficient (Wildman–Crippen LogP) is -5.34. The van der Waals surface area contributed by atoms with E-state index in [4.69, 9.17) is 25.5 Å². The molecule has 0 aliphatic rings. The van der Waals surface area contributed by atoms with Gasteiger partial charge in [0.1, 0.15) is 0 Å². The summed E-state index contributed by atoms with van der Waals surface area (Å²) in [5, 5.41) is 0. The third-order valence-corrected chi connectivity index (χ3v) is 0. The van der Waals surface area contributed by atoms with E-state index < -0.39 is 25.9 Å². The third kappa shape index (κ3) is 209. The Labute approximate surface area is 101 Å². The van der Waals surface area contributed by atoms with Gasteiger partial charge in [0.25, 0.3) is 0 Å². The minimum atomic E-state index is -4.67. The van der Waals surface area contributed by atoms with Crippen molar-refractivity contribution in [3.63, 3.8) is 0 Å². The van der Waals surface area contributed by atoms with E-state index in [9.17, 15) is 0 Å². The van der Waals surface area contributed by atoms with Crippen LogP contribution in [0.5, 0.6) is 0 Å². The molecule has 0 rings (SSSR count). The average molecular weight is 196 g/mol. The molecule has 0 saturated carbocycles. The number of hydrogen-bond acceptors (Lipinski definition) is 4. The van der Waals surface area contributed by atoms with Gasteiger partial charge in [-0.25, -0.2) is 0 Å². The third-order valence-electron chi connectivity index (χ3n) is 0. The van der Waals surface area contributed by atoms with Crippen molar-refractivity contribution in [2.75, 3.05) is 0 Å². The summed E-state index contributed by atoms with van der Waals surface area (Å²) in [5.41, 5.74) is 0. The molecule has 0 aliphatic carbocycles. The summed E-state index contributed by atoms with van der Waals surface area (Å²) in [6.45, 7) is 0. The summed E-state index contributed by atoms with van der Waals surface area (Å²) in [6, 6.07) is 0. The zero-order valence-electron chi connectivity index (χ0n) is 4.51. The summed E-state index contributed by atoms with van der Waals surface area (Å²) < 4.78 is 48.5. The Morgan fingerprint density at radius 2 is 1.33 bits per heavy atom. The molecule has 0 heterocycles. The van der Waals surface area contributed by atoms with E-state index in [1.165, 1.54) is 0 Å². The molecule has 9 heavy (non-hydrogen) atoms. The van der Waals surface area contributed by atoms with Crippen LogP contribution in [-0.4, -0.2) is 33.0 Å². The van der Waals surface area contributed by atoms with Crippen molar-refractivity contribution in [1.29, 1.82) is 0 Å². The van der Waals surface area contributed by atoms with E-state index in [0.717, 1.165) is 0 Å². The molecule has 0 spiro atoms. The molecule has 0 unspecified atom stereocenters. The second-order valence-electron chi connectivity index (χ2n) is 0.544. The Kier molecular flexibility index (Phi) is 18.1. The maximum atomic E-state index is 8.74. The SMILES string of the molecule is O=S(=O)(O)O.[K+].[O]=[Al][O-]. The van der Waals surface area contributed by atoms with Crippen LogP contribution >= 0.6 is 0 Å². The first-order valence-corrected chi connectivity index (χ1v) is 3.51. The molecule has 0 bridgehead atoms. The molecule has 0 aromatic carbocycles. The van der Waals surface area contributed by atoms with E-state index in [1.54, 1.807) is 0 Å². The molecular weight excluding hydrogens is 194 g/mol. The van der Waals surface area contributed by atoms with Gasteiger partial charge in [-0.2, -0.15) is 8.42 Å². The normalized spacial score (nSPS) is 7.33. The predicted molar refractivity (Wildman–Crippen MR) is 20.6 cm³/mol. The van der Waals surface area contributed by atoms with E-state index in [0.29, 0.717) is 0 Å². The van der Waals surface area contributed by atoms with Crippen molar-refractivity contribution in [2.45, 2.75) is 0 Å². The fourth-order valence-electron chi connectivity index (χ4n) is 0. The van der Waals surface area contributed by atoms with Crippen molar-refractivity contribution in [2.24, 2.45) is 0 Å². The molecular formula is H2AlKO6S. The topological polar surface area (TPSA) is 115 Å². The minimum absolute atomic E-state index is 0. The van der Waals surface area contributed by atoms with Crippen LogP contribution < -0.4 is 55.5 Å². The van der Waals surface area contributed by atoms with Gasteiger partial charge >= 0.3 is 85.2 Å². The summed E-state index contributed by atoms with van der Waals surface area (Å²) in [6.07, 6.45) is 0. The van der Waals surface area contributed by atoms with Crippen LogP contribution in [0.3, 0.4) is 0 Å². The maximum absolute atomic E-state index is 8.74. The Morgan fingerprint density at radius 1 is 1.33 bits per heavy atom. The van der Waals surface area contributed by atoms with Crippen LogP contribution in [-0.2, 0) is 14.2 Å². The van der Waals surface area contributed by atoms with Gasteiger partial charge < -0.3 is 0 Å². The molecule has 9 heteroatoms. The zero-order chi connectivity index (χ0) is 7.21. The van der Waals surface area contributed by atoms with Crippen LogP contribution in [0, 0.1) is 0 Å². The van der Waals surface area contributed by atoms with Gasteiger partial charge in [-0.1, -0.05) is 0 Å². The monoisotopic (exact) mass is 196 g/mol. The molecule has 0 amide bonds. The first kappa shape index (κ1) is 16.9. The second-order valence-corrected chi connectivity index (χ2v) is 1.63. The van der Waals surface area contributed by atoms with Crippen LogP contribution in [0.2, 0.25) is 0 Å². The fraction of sp³-hybridized carbons (Fsp3) is 0. The molecule has 0 fully saturated rings. The molecule has 0 saturated heterocycles. The Balaban J connectivity index is -0.0000000800. The van der Waals surface area contributed by atoms with E-state index in [-0.39, 0.29) is 51.4 Å². The van der Waals surface area contributed by atoms with E-state index >= 15 is 0 Å². The molecule has 6 nitrogen and oxygen atoms in total. The van der Waals surface area contributed by atoms with Crippen LogP contribution in [0.25, 0.3) is 0 Å². The summed E-state index contributed by atoms with van der Waals surface area (Å²) in [4.78, 5) is 0. The van der Waals surface area contributed by atoms with Gasteiger partial charge in [0.05, 0.1) is 0 Å². The van der Waals surface area contributed by atoms with E-state index in [2.05, 4.69) is 0 Å². The first-order valence-electron chi connectivity index (χ1n) is 1.17. The molecule has 0 aliphatic heterocycles. The van der Waals surface area contributed by atoms with Gasteiger partial charge in [-0.05, 0) is 0 Å². The average Bonchev–Trinajstić information content (AvgIpc) is 1.27. The van der Waals surface area contributed by atoms with Crippen LogP contribution in [0.15, 0.2) is 0 Å². The van der Waals surface area contributed by atoms with Crippen LogP contribution in [0.4, 0.5) is 0 Å². The van der Waals surface area contributed by atoms with Crippen molar-refractivity contribution < 1.29 is 76.9 Å². The number of hydrogen-bond donors (Lipinski definition) is 2. The van der Waals surface area contributed by atoms with Gasteiger partial charge in [0.15, 0.2) is 0 Å². The summed E-state index contributed by atoms with van der Waals surface area (Å²) in [5.74, 6) is 0. The van der Waals surface area contributed by atoms with Crippen molar-refractivity contribution in [3.05, 3.63) is 0 Å². The van der Waals surface area contributed by atoms with Gasteiger partial charge in [-0.3, -0.25) is 9.11 Å². The number of rotatable bonds is 0. The van der Waals surface area contributed by atoms with Gasteiger partial charge in [0, 0.05) is 0 Å². The van der Waals surface area contributed by atoms with Crippen molar-refractivity contribution in [1.82, 2.24) is 0 Å². The quantitative estimate of drug-likeness (QED) is 0.295. The van der Waals surface area contributed by atoms with Crippen molar-refractivity contribution >= 4 is 25.9 Å². The van der Waals surface area contributed by atoms with Crippen LogP contribution in [0.1, 0.15) is 0 Å². The van der Waals surface area contributed by atoms with Crippen molar-refractivity contribution in [3.8, 4) is 0 Å². The fourth-order valence-corrected chi connectivity index (χ4v) is 0. The molecule has 48 valence electrons. The van der Waals surface area contributed by atoms with E-state index in [1.807, 2.05) is 0 Å². The Morgan fingerprint density at radius 3 is 1.33 bits per heavy atom. The molecule has 0 aromatic heterocycles. The van der Waals surface area contributed by atoms with Gasteiger partial charge in [-0.15, -0.1) is 0 Å². The molecule has 0 radical (unpaired) electrons. The first-order chi connectivity index (χ1) is 3.41. The molecule has 0 aromatic rings. The summed E-state index contributed by atoms with van der Waals surface area (Å²) >= 11 is -1.75. The standard InChI is InChI=1S/Al.K.H2O4S.2O/c;;1-5(2,3)4;;/h;;(H2,1,2,3,4);;/q;+1;;;-1. The molecule has 0 atom stereocenters. The Hall–Kier alpha value is 1.64.